The summed E-state index contributed by atoms with van der Waals surface area (Å²) in [6.45, 7) is 18.8. The van der Waals surface area contributed by atoms with E-state index < -0.39 is 32.0 Å². The average molecular weight is 667 g/mol. The minimum Gasteiger partial charge on any atom is -0.443 e. The van der Waals surface area contributed by atoms with Crippen LogP contribution in [0.5, 0.6) is 0 Å². The van der Waals surface area contributed by atoms with E-state index >= 15 is 4.39 Å². The van der Waals surface area contributed by atoms with Gasteiger partial charge in [-0.3, -0.25) is 0 Å². The fourth-order valence-corrected chi connectivity index (χ4v) is 13.9. The summed E-state index contributed by atoms with van der Waals surface area (Å²) in [5, 5.41) is 13.0. The Morgan fingerprint density at radius 2 is 1.67 bits per heavy atom. The topological polar surface area (TPSA) is 106 Å². The molecule has 46 heavy (non-hydrogen) atoms. The third kappa shape index (κ3) is 6.16. The molecule has 1 aliphatic carbocycles. The molecule has 1 atom stereocenters. The van der Waals surface area contributed by atoms with Crippen LogP contribution in [-0.2, 0) is 4.74 Å². The van der Waals surface area contributed by atoms with E-state index in [0.29, 0.717) is 27.9 Å². The van der Waals surface area contributed by atoms with E-state index in [9.17, 15) is 9.90 Å². The summed E-state index contributed by atoms with van der Waals surface area (Å²) in [5.74, 6) is -0.658. The van der Waals surface area contributed by atoms with Gasteiger partial charge in [0.15, 0.2) is 8.24 Å². The van der Waals surface area contributed by atoms with Crippen molar-refractivity contribution in [1.29, 1.82) is 0 Å². The molecule has 0 spiro atoms. The van der Waals surface area contributed by atoms with Crippen molar-refractivity contribution in [2.24, 2.45) is 0 Å². The van der Waals surface area contributed by atoms with Gasteiger partial charge in [-0.2, -0.15) is 4.39 Å². The Kier molecular flexibility index (Phi) is 9.33. The molecule has 1 fully saturated rings. The first-order valence-electron chi connectivity index (χ1n) is 15.9. The maximum Gasteiger partial charge on any atom is 0.420 e. The summed E-state index contributed by atoms with van der Waals surface area (Å²) >= 11 is 5.99. The third-order valence-corrected chi connectivity index (χ3v) is 16.0. The Balaban J connectivity index is 1.65. The Bertz CT molecular complexity index is 1710. The maximum absolute atomic E-state index is 16.1. The number of carbonyl (C=O) groups excluding carboxylic acids is 1. The van der Waals surface area contributed by atoms with Crippen molar-refractivity contribution in [2.75, 3.05) is 4.90 Å². The predicted molar refractivity (Wildman–Crippen MR) is 182 cm³/mol. The number of carbonyl (C=O) groups is 1. The lowest BCUT2D eigenvalue weighted by Gasteiger charge is -2.44. The van der Waals surface area contributed by atoms with Gasteiger partial charge in [0.25, 0.3) is 0 Å². The quantitative estimate of drug-likeness (QED) is 0.140. The predicted octanol–water partition coefficient (Wildman–Crippen LogP) is 9.07. The van der Waals surface area contributed by atoms with Crippen molar-refractivity contribution in [3.8, 4) is 0 Å². The number of amides is 1. The maximum atomic E-state index is 16.1. The number of anilines is 2. The summed E-state index contributed by atoms with van der Waals surface area (Å²) in [5.41, 5.74) is 2.82. The molecular formula is C34H44ClFN6O3Si. The molecule has 4 heterocycles. The molecule has 4 aromatic rings. The first-order valence-corrected chi connectivity index (χ1v) is 18.5. The molecule has 0 radical (unpaired) electrons. The Morgan fingerprint density at radius 3 is 2.20 bits per heavy atom. The van der Waals surface area contributed by atoms with Gasteiger partial charge in [-0.1, -0.05) is 53.1 Å². The molecule has 12 heteroatoms. The third-order valence-electron chi connectivity index (χ3n) is 9.02. The van der Waals surface area contributed by atoms with Crippen LogP contribution >= 0.6 is 11.6 Å². The van der Waals surface area contributed by atoms with Crippen molar-refractivity contribution in [2.45, 2.75) is 109 Å². The average Bonchev–Trinajstić information content (AvgIpc) is 3.73. The number of nitrogens with zero attached hydrogens (tertiary/aromatic N) is 6. The molecule has 1 amide bonds. The van der Waals surface area contributed by atoms with E-state index in [2.05, 4.69) is 60.7 Å². The van der Waals surface area contributed by atoms with Crippen LogP contribution in [0.15, 0.2) is 43.0 Å². The van der Waals surface area contributed by atoms with E-state index in [1.165, 1.54) is 24.4 Å². The zero-order valence-electron chi connectivity index (χ0n) is 28.0. The molecule has 0 aliphatic heterocycles. The highest BCUT2D eigenvalue weighted by Crippen LogP contribution is 2.49. The van der Waals surface area contributed by atoms with E-state index in [1.54, 1.807) is 33.2 Å². The largest absolute Gasteiger partial charge is 0.443 e. The zero-order chi connectivity index (χ0) is 33.7. The molecule has 5 rings (SSSR count). The van der Waals surface area contributed by atoms with Crippen LogP contribution in [0, 0.1) is 5.95 Å². The molecule has 0 bridgehead atoms. The van der Waals surface area contributed by atoms with Crippen LogP contribution in [0.4, 0.5) is 20.7 Å². The summed E-state index contributed by atoms with van der Waals surface area (Å²) in [7, 11) is -2.31. The van der Waals surface area contributed by atoms with Crippen molar-refractivity contribution in [1.82, 2.24) is 24.2 Å². The Hall–Kier alpha value is -3.41. The molecule has 246 valence electrons. The highest BCUT2D eigenvalue weighted by atomic mass is 35.5. The first kappa shape index (κ1) is 33.9. The highest BCUT2D eigenvalue weighted by Gasteiger charge is 2.47. The van der Waals surface area contributed by atoms with Gasteiger partial charge in [0.05, 0.1) is 17.6 Å². The van der Waals surface area contributed by atoms with Crippen LogP contribution in [0.25, 0.3) is 11.0 Å². The normalized spacial score (nSPS) is 14.8. The van der Waals surface area contributed by atoms with Crippen LogP contribution in [0.3, 0.4) is 0 Å². The molecule has 0 aromatic carbocycles. The minimum absolute atomic E-state index is 0.0160. The van der Waals surface area contributed by atoms with Gasteiger partial charge in [0, 0.05) is 28.6 Å². The number of ether oxygens (including phenoxy) is 1. The molecular weight excluding hydrogens is 623 g/mol. The van der Waals surface area contributed by atoms with E-state index in [4.69, 9.17) is 21.3 Å². The number of aliphatic hydroxyl groups is 1. The fourth-order valence-electron chi connectivity index (χ4n) is 7.19. The summed E-state index contributed by atoms with van der Waals surface area (Å²) in [6.07, 6.45) is 4.93. The molecule has 9 nitrogen and oxygen atoms in total. The van der Waals surface area contributed by atoms with Crippen molar-refractivity contribution < 1.29 is 19.0 Å². The molecule has 1 N–H and O–H groups in total. The van der Waals surface area contributed by atoms with Crippen molar-refractivity contribution in [3.05, 3.63) is 70.9 Å². The van der Waals surface area contributed by atoms with Gasteiger partial charge in [-0.25, -0.2) is 29.6 Å². The van der Waals surface area contributed by atoms with Crippen LogP contribution < -0.4 is 4.90 Å². The number of hydrogen-bond donors (Lipinski definition) is 1. The van der Waals surface area contributed by atoms with E-state index in [0.717, 1.165) is 34.5 Å². The van der Waals surface area contributed by atoms with Gasteiger partial charge in [0.1, 0.15) is 34.7 Å². The number of fused-ring (bicyclic) bond motifs is 1. The number of rotatable bonds is 9. The lowest BCUT2D eigenvalue weighted by atomic mass is 10.0. The summed E-state index contributed by atoms with van der Waals surface area (Å²) in [4.78, 5) is 32.2. The van der Waals surface area contributed by atoms with E-state index in [1.807, 2.05) is 6.20 Å². The zero-order valence-corrected chi connectivity index (χ0v) is 29.8. The van der Waals surface area contributed by atoms with Crippen LogP contribution in [-0.4, -0.2) is 49.2 Å². The summed E-state index contributed by atoms with van der Waals surface area (Å²) in [6, 6.07) is 6.05. The smallest absolute Gasteiger partial charge is 0.420 e. The second-order valence-corrected chi connectivity index (χ2v) is 20.3. The Morgan fingerprint density at radius 1 is 1.02 bits per heavy atom. The molecule has 0 saturated heterocycles. The lowest BCUT2D eigenvalue weighted by Crippen LogP contribution is -2.51. The number of aliphatic hydroxyl groups excluding tert-OH is 1. The molecule has 4 aromatic heterocycles. The lowest BCUT2D eigenvalue weighted by molar-refractivity contribution is 0.0598. The van der Waals surface area contributed by atoms with Crippen LogP contribution in [0.2, 0.25) is 21.8 Å². The number of pyridine rings is 2. The van der Waals surface area contributed by atoms with Gasteiger partial charge in [-0.05, 0) is 74.5 Å². The van der Waals surface area contributed by atoms with Gasteiger partial charge >= 0.3 is 6.09 Å². The molecule has 1 unspecified atom stereocenters. The van der Waals surface area contributed by atoms with Gasteiger partial charge in [-0.15, -0.1) is 0 Å². The number of aromatic nitrogens is 5. The number of halogens is 2. The second kappa shape index (κ2) is 12.7. The first-order chi connectivity index (χ1) is 21.6. The Labute approximate surface area is 276 Å². The number of hydrogen-bond acceptors (Lipinski definition) is 7. The summed E-state index contributed by atoms with van der Waals surface area (Å²) < 4.78 is 24.1. The monoisotopic (exact) mass is 666 g/mol. The SMILES string of the molecule is CC(C)[Si](C(C)C)(C(C)C)n1cc(C(O)c2ccc(N(C(=O)OC(C)(C)C)c3ccc(Cl)nc3)nc2F)c2c(C3CC3)ncnc21. The molecule has 1 aliphatic rings. The molecule has 1 saturated carbocycles. The van der Waals surface area contributed by atoms with E-state index in [-0.39, 0.29) is 22.5 Å². The fraction of sp³-hybridized carbons (Fsp3) is 0.500. The van der Waals surface area contributed by atoms with Crippen molar-refractivity contribution >= 4 is 48.5 Å². The minimum atomic E-state index is -2.31. The van der Waals surface area contributed by atoms with Gasteiger partial charge < -0.3 is 14.1 Å². The van der Waals surface area contributed by atoms with Gasteiger partial charge in [0.2, 0.25) is 5.95 Å². The standard InChI is InChI=1S/C34H44ClFN6O3Si/c1-19(2)46(20(3)4,21(5)6)41-17-25(28-29(22-10-11-22)38-18-39-32(28)41)30(43)24-13-15-27(40-31(24)36)42(33(44)45-34(7,8)9)23-12-14-26(35)37-16-23/h12-22,30,43H,10-11H2,1-9H3. The van der Waals surface area contributed by atoms with Crippen LogP contribution in [0.1, 0.15) is 104 Å². The van der Waals surface area contributed by atoms with Crippen molar-refractivity contribution in [3.63, 3.8) is 0 Å². The highest BCUT2D eigenvalue weighted by molar-refractivity contribution is 6.82. The second-order valence-electron chi connectivity index (χ2n) is 14.1.